The zero-order valence-corrected chi connectivity index (χ0v) is 27.0. The second kappa shape index (κ2) is 14.0. The standard InChI is InChI=1S/C28H31N5O14P2/c29-26(38)16-7-4-10-32(11-16)27-24(36)22(34)20(45-27)13-43-48(39,40)47-49(41,42)44-14-21-23(35)25(37)28(46-21)33-12-19(30-31-33)18-9-3-6-15-5-1-2-8-17(15)18/h1-12,20-25,27-28,34-37H,13-14H2,(H3-,29,38,39,40,41,42)/p+1/t20-,21+,22-,23+,24-,25+,27-,28+/m1/s1. The lowest BCUT2D eigenvalue weighted by molar-refractivity contribution is -0.765. The Morgan fingerprint density at radius 3 is 2.24 bits per heavy atom. The number of primary amides is 1. The zero-order chi connectivity index (χ0) is 35.1. The van der Waals surface area contributed by atoms with Gasteiger partial charge in [-0.25, -0.2) is 13.8 Å². The van der Waals surface area contributed by atoms with Crippen LogP contribution in [0.2, 0.25) is 0 Å². The van der Waals surface area contributed by atoms with E-state index in [9.17, 15) is 44.1 Å². The number of amides is 1. The van der Waals surface area contributed by atoms with E-state index in [4.69, 9.17) is 24.3 Å². The van der Waals surface area contributed by atoms with Gasteiger partial charge in [-0.15, -0.1) is 5.10 Å². The molecule has 6 rings (SSSR count). The number of benzene rings is 2. The van der Waals surface area contributed by atoms with Crippen molar-refractivity contribution >= 4 is 32.3 Å². The van der Waals surface area contributed by atoms with E-state index in [0.29, 0.717) is 5.69 Å². The first kappa shape index (κ1) is 35.3. The molecule has 0 bridgehead atoms. The van der Waals surface area contributed by atoms with Gasteiger partial charge in [0, 0.05) is 11.6 Å². The highest BCUT2D eigenvalue weighted by atomic mass is 31.3. The SMILES string of the molecule is NC(=O)c1ccc[n+]([C@@H]2O[C@H](COP(=O)(O)OP(=O)(O)OC[C@@H]3O[C@H](n4cc(-c5cccc6ccccc56)nn4)[C@@H](O)[C@H]3O)[C@@H](O)[C@H]2O)c1. The van der Waals surface area contributed by atoms with Crippen LogP contribution in [-0.2, 0) is 32.0 Å². The molecule has 0 aliphatic carbocycles. The molecule has 10 atom stereocenters. The zero-order valence-electron chi connectivity index (χ0n) is 25.2. The number of ether oxygens (including phenoxy) is 2. The molecule has 262 valence electrons. The Bertz CT molecular complexity index is 1930. The van der Waals surface area contributed by atoms with E-state index >= 15 is 0 Å². The van der Waals surface area contributed by atoms with E-state index in [2.05, 4.69) is 14.6 Å². The maximum Gasteiger partial charge on any atom is 0.481 e. The summed E-state index contributed by atoms with van der Waals surface area (Å²) in [6.45, 7) is -1.77. The molecule has 4 heterocycles. The van der Waals surface area contributed by atoms with E-state index in [1.54, 1.807) is 0 Å². The Balaban J connectivity index is 1.03. The number of pyridine rings is 1. The first-order valence-electron chi connectivity index (χ1n) is 14.6. The molecule has 1 amide bonds. The largest absolute Gasteiger partial charge is 0.481 e. The van der Waals surface area contributed by atoms with Crippen LogP contribution in [0.5, 0.6) is 0 Å². The minimum absolute atomic E-state index is 0.0735. The van der Waals surface area contributed by atoms with Crippen LogP contribution in [0.25, 0.3) is 22.0 Å². The lowest BCUT2D eigenvalue weighted by Crippen LogP contribution is -2.46. The number of aliphatic hydroxyl groups excluding tert-OH is 4. The highest BCUT2D eigenvalue weighted by Gasteiger charge is 2.50. The summed E-state index contributed by atoms with van der Waals surface area (Å²) in [5.41, 5.74) is 6.54. The smallest absolute Gasteiger partial charge is 0.387 e. The van der Waals surface area contributed by atoms with Gasteiger partial charge in [-0.1, -0.05) is 47.7 Å². The summed E-state index contributed by atoms with van der Waals surface area (Å²) in [7, 11) is -10.7. The summed E-state index contributed by atoms with van der Waals surface area (Å²) < 4.78 is 52.4. The number of carbonyl (C=O) groups excluding carboxylic acids is 1. The molecule has 19 nitrogen and oxygen atoms in total. The quantitative estimate of drug-likeness (QED) is 0.0728. The predicted octanol–water partition coefficient (Wildman–Crippen LogP) is -0.326. The van der Waals surface area contributed by atoms with Crippen LogP contribution in [0.15, 0.2) is 73.2 Å². The fraction of sp³-hybridized carbons (Fsp3) is 0.357. The first-order valence-corrected chi connectivity index (χ1v) is 17.6. The van der Waals surface area contributed by atoms with Crippen LogP contribution in [0, 0.1) is 0 Å². The van der Waals surface area contributed by atoms with Crippen LogP contribution < -0.4 is 10.3 Å². The van der Waals surface area contributed by atoms with Gasteiger partial charge in [0.1, 0.15) is 41.8 Å². The number of hydrogen-bond donors (Lipinski definition) is 7. The van der Waals surface area contributed by atoms with Crippen molar-refractivity contribution in [2.45, 2.75) is 49.1 Å². The van der Waals surface area contributed by atoms with Crippen molar-refractivity contribution in [3.05, 3.63) is 78.8 Å². The molecule has 0 radical (unpaired) electrons. The number of rotatable bonds is 12. The Kier molecular flexibility index (Phi) is 10.1. The van der Waals surface area contributed by atoms with E-state index in [0.717, 1.165) is 16.3 Å². The van der Waals surface area contributed by atoms with Gasteiger partial charge in [-0.05, 0) is 16.8 Å². The average Bonchev–Trinajstić information content (AvgIpc) is 3.75. The lowest BCUT2D eigenvalue weighted by atomic mass is 10.0. The molecule has 2 saturated heterocycles. The van der Waals surface area contributed by atoms with Gasteiger partial charge in [0.05, 0.1) is 19.4 Å². The highest BCUT2D eigenvalue weighted by molar-refractivity contribution is 7.61. The van der Waals surface area contributed by atoms with Crippen molar-refractivity contribution in [2.75, 3.05) is 13.2 Å². The van der Waals surface area contributed by atoms with Gasteiger partial charge >= 0.3 is 15.6 Å². The third-order valence-corrected chi connectivity index (χ3v) is 10.5. The number of phosphoric acid groups is 2. The van der Waals surface area contributed by atoms with Crippen molar-refractivity contribution in [3.8, 4) is 11.3 Å². The number of nitrogens with zero attached hydrogens (tertiary/aromatic N) is 4. The fourth-order valence-corrected chi connectivity index (χ4v) is 7.57. The Hall–Kier alpha value is -3.52. The van der Waals surface area contributed by atoms with Crippen molar-refractivity contribution in [1.29, 1.82) is 0 Å². The number of carbonyl (C=O) groups is 1. The van der Waals surface area contributed by atoms with Gasteiger partial charge in [-0.3, -0.25) is 13.8 Å². The second-order valence-electron chi connectivity index (χ2n) is 11.2. The molecule has 2 aromatic heterocycles. The molecule has 0 saturated carbocycles. The maximum absolute atomic E-state index is 12.5. The number of aliphatic hydroxyl groups is 4. The van der Waals surface area contributed by atoms with Crippen LogP contribution in [-0.4, -0.2) is 101 Å². The number of phosphoric ester groups is 2. The van der Waals surface area contributed by atoms with E-state index in [1.807, 2.05) is 42.5 Å². The normalized spacial score (nSPS) is 29.5. The van der Waals surface area contributed by atoms with Crippen LogP contribution in [0.3, 0.4) is 0 Å². The molecule has 2 aliphatic rings. The summed E-state index contributed by atoms with van der Waals surface area (Å²) in [5.74, 6) is -0.761. The molecule has 4 aromatic rings. The minimum Gasteiger partial charge on any atom is -0.387 e. The van der Waals surface area contributed by atoms with Crippen molar-refractivity contribution in [3.63, 3.8) is 0 Å². The Labute approximate surface area is 276 Å². The summed E-state index contributed by atoms with van der Waals surface area (Å²) >= 11 is 0. The topological polar surface area (TPSA) is 279 Å². The summed E-state index contributed by atoms with van der Waals surface area (Å²) in [6.07, 6.45) is -7.66. The molecule has 2 fully saturated rings. The second-order valence-corrected chi connectivity index (χ2v) is 14.3. The van der Waals surface area contributed by atoms with Crippen LogP contribution in [0.4, 0.5) is 0 Å². The van der Waals surface area contributed by atoms with Gasteiger partial charge in [0.15, 0.2) is 24.7 Å². The number of hydrogen-bond acceptors (Lipinski definition) is 14. The van der Waals surface area contributed by atoms with Crippen molar-refractivity contribution in [2.24, 2.45) is 5.73 Å². The molecular weight excluding hydrogens is 692 g/mol. The van der Waals surface area contributed by atoms with Gasteiger partial charge < -0.3 is 45.4 Å². The van der Waals surface area contributed by atoms with Gasteiger partial charge in [0.25, 0.3) is 12.1 Å². The fourth-order valence-electron chi connectivity index (χ4n) is 5.48. The third-order valence-electron chi connectivity index (χ3n) is 7.92. The lowest BCUT2D eigenvalue weighted by Gasteiger charge is -2.20. The van der Waals surface area contributed by atoms with E-state index in [1.165, 1.54) is 40.0 Å². The monoisotopic (exact) mass is 724 g/mol. The Morgan fingerprint density at radius 1 is 0.878 bits per heavy atom. The van der Waals surface area contributed by atoms with E-state index in [-0.39, 0.29) is 5.56 Å². The first-order chi connectivity index (χ1) is 23.2. The molecule has 2 unspecified atom stereocenters. The number of fused-ring (bicyclic) bond motifs is 1. The van der Waals surface area contributed by atoms with Crippen molar-refractivity contribution in [1.82, 2.24) is 15.0 Å². The minimum atomic E-state index is -5.37. The van der Waals surface area contributed by atoms with Gasteiger partial charge in [-0.2, -0.15) is 8.88 Å². The molecule has 2 aromatic carbocycles. The summed E-state index contributed by atoms with van der Waals surface area (Å²) in [6, 6.07) is 16.1. The molecule has 0 spiro atoms. The molecular formula is C28H32N5O14P2+. The van der Waals surface area contributed by atoms with E-state index < -0.39 is 83.8 Å². The van der Waals surface area contributed by atoms with Gasteiger partial charge in [0.2, 0.25) is 0 Å². The van der Waals surface area contributed by atoms with Crippen molar-refractivity contribution < 1.29 is 71.5 Å². The summed E-state index contributed by atoms with van der Waals surface area (Å²) in [4.78, 5) is 31.7. The average molecular weight is 725 g/mol. The Morgan fingerprint density at radius 2 is 1.53 bits per heavy atom. The predicted molar refractivity (Wildman–Crippen MR) is 163 cm³/mol. The summed E-state index contributed by atoms with van der Waals surface area (Å²) in [5, 5.41) is 52.0. The molecule has 2 aliphatic heterocycles. The molecule has 21 heteroatoms. The molecule has 49 heavy (non-hydrogen) atoms. The number of aromatic nitrogens is 4. The maximum atomic E-state index is 12.5. The number of nitrogens with two attached hydrogens (primary N) is 1. The highest BCUT2D eigenvalue weighted by Crippen LogP contribution is 2.60. The molecule has 8 N–H and O–H groups in total. The van der Waals surface area contributed by atoms with Crippen LogP contribution in [0.1, 0.15) is 22.8 Å². The van der Waals surface area contributed by atoms with Crippen LogP contribution >= 0.6 is 15.6 Å². The third kappa shape index (κ3) is 7.64.